The van der Waals surface area contributed by atoms with E-state index in [0.29, 0.717) is 23.5 Å². The number of carbonyl (C=O) groups is 1. The highest BCUT2D eigenvalue weighted by atomic mass is 32.2. The predicted molar refractivity (Wildman–Crippen MR) is 107 cm³/mol. The van der Waals surface area contributed by atoms with Gasteiger partial charge in [-0.1, -0.05) is 31.5 Å². The van der Waals surface area contributed by atoms with Gasteiger partial charge in [-0.2, -0.15) is 0 Å². The highest BCUT2D eigenvalue weighted by Gasteiger charge is 2.27. The number of hydrogen-bond acceptors (Lipinski definition) is 4. The molecule has 27 heavy (non-hydrogen) atoms. The zero-order valence-electron chi connectivity index (χ0n) is 15.9. The van der Waals surface area contributed by atoms with E-state index in [1.165, 1.54) is 13.2 Å². The van der Waals surface area contributed by atoms with Crippen molar-refractivity contribution >= 4 is 21.6 Å². The first-order chi connectivity index (χ1) is 12.9. The summed E-state index contributed by atoms with van der Waals surface area (Å²) in [5.41, 5.74) is 1.15. The number of para-hydroxylation sites is 1. The van der Waals surface area contributed by atoms with Crippen molar-refractivity contribution in [1.82, 2.24) is 5.32 Å². The minimum Gasteiger partial charge on any atom is -0.496 e. The average Bonchev–Trinajstić information content (AvgIpc) is 2.66. The van der Waals surface area contributed by atoms with Gasteiger partial charge < -0.3 is 10.1 Å². The van der Waals surface area contributed by atoms with E-state index >= 15 is 0 Å². The van der Waals surface area contributed by atoms with Gasteiger partial charge in [0.2, 0.25) is 5.91 Å². The first-order valence-electron chi connectivity index (χ1n) is 8.89. The zero-order chi connectivity index (χ0) is 19.9. The summed E-state index contributed by atoms with van der Waals surface area (Å²) < 4.78 is 32.8. The van der Waals surface area contributed by atoms with E-state index in [1.54, 1.807) is 49.4 Å². The van der Waals surface area contributed by atoms with Gasteiger partial charge in [0, 0.05) is 6.54 Å². The van der Waals surface area contributed by atoms with E-state index < -0.39 is 10.0 Å². The molecule has 1 amide bonds. The Balaban J connectivity index is 2.37. The van der Waals surface area contributed by atoms with Crippen LogP contribution in [0, 0.1) is 6.92 Å². The van der Waals surface area contributed by atoms with E-state index in [1.807, 2.05) is 6.92 Å². The van der Waals surface area contributed by atoms with Crippen molar-refractivity contribution in [3.63, 3.8) is 0 Å². The van der Waals surface area contributed by atoms with Crippen LogP contribution in [-0.4, -0.2) is 34.5 Å². The van der Waals surface area contributed by atoms with Crippen molar-refractivity contribution in [2.75, 3.05) is 24.5 Å². The van der Waals surface area contributed by atoms with Gasteiger partial charge in [0.05, 0.1) is 17.7 Å². The molecule has 0 spiro atoms. The number of nitrogens with one attached hydrogen (secondary N) is 1. The van der Waals surface area contributed by atoms with Crippen LogP contribution in [0.15, 0.2) is 53.4 Å². The van der Waals surface area contributed by atoms with Crippen LogP contribution in [0.25, 0.3) is 0 Å². The molecule has 0 atom stereocenters. The number of anilines is 1. The van der Waals surface area contributed by atoms with Crippen molar-refractivity contribution in [3.05, 3.63) is 54.1 Å². The fourth-order valence-corrected chi connectivity index (χ4v) is 4.15. The van der Waals surface area contributed by atoms with E-state index in [-0.39, 0.29) is 17.3 Å². The van der Waals surface area contributed by atoms with Crippen molar-refractivity contribution < 1.29 is 17.9 Å². The number of sulfonamides is 1. The maximum absolute atomic E-state index is 13.3. The van der Waals surface area contributed by atoms with Gasteiger partial charge in [-0.3, -0.25) is 9.10 Å². The number of benzene rings is 2. The van der Waals surface area contributed by atoms with Crippen LogP contribution in [0.4, 0.5) is 5.69 Å². The molecule has 7 heteroatoms. The summed E-state index contributed by atoms with van der Waals surface area (Å²) >= 11 is 0. The molecule has 0 fully saturated rings. The topological polar surface area (TPSA) is 75.7 Å². The molecule has 0 radical (unpaired) electrons. The fraction of sp³-hybridized carbons (Fsp3) is 0.350. The molecule has 0 heterocycles. The number of amides is 1. The Kier molecular flexibility index (Phi) is 7.24. The lowest BCUT2D eigenvalue weighted by Gasteiger charge is -2.24. The highest BCUT2D eigenvalue weighted by Crippen LogP contribution is 2.27. The Hall–Kier alpha value is -2.54. The molecule has 6 nitrogen and oxygen atoms in total. The molecule has 146 valence electrons. The largest absolute Gasteiger partial charge is 0.496 e. The second-order valence-corrected chi connectivity index (χ2v) is 8.04. The standard InChI is InChI=1S/C20H26N2O4S/c1-4-5-13-21-20(23)15-22(17-9-7-6-8-10-17)27(24,25)18-11-12-19(26-3)16(2)14-18/h6-12,14H,4-5,13,15H2,1-3H3,(H,21,23). The lowest BCUT2D eigenvalue weighted by molar-refractivity contribution is -0.119. The molecule has 0 unspecified atom stereocenters. The van der Waals surface area contributed by atoms with E-state index in [4.69, 9.17) is 4.74 Å². The Morgan fingerprint density at radius 1 is 1.15 bits per heavy atom. The molecule has 0 bridgehead atoms. The molecule has 0 saturated carbocycles. The molecule has 2 aromatic carbocycles. The average molecular weight is 391 g/mol. The normalized spacial score (nSPS) is 11.1. The SMILES string of the molecule is CCCCNC(=O)CN(c1ccccc1)S(=O)(=O)c1ccc(OC)c(C)c1. The number of ether oxygens (including phenoxy) is 1. The molecule has 2 rings (SSSR count). The molecule has 0 aliphatic heterocycles. The van der Waals surface area contributed by atoms with Crippen LogP contribution in [0.5, 0.6) is 5.75 Å². The summed E-state index contributed by atoms with van der Waals surface area (Å²) in [5, 5.41) is 2.77. The smallest absolute Gasteiger partial charge is 0.264 e. The summed E-state index contributed by atoms with van der Waals surface area (Å²) in [4.78, 5) is 12.4. The van der Waals surface area contributed by atoms with Crippen LogP contribution < -0.4 is 14.4 Å². The monoisotopic (exact) mass is 390 g/mol. The number of carbonyl (C=O) groups excluding carboxylic acids is 1. The van der Waals surface area contributed by atoms with Crippen LogP contribution >= 0.6 is 0 Å². The van der Waals surface area contributed by atoms with Crippen molar-refractivity contribution in [1.29, 1.82) is 0 Å². The van der Waals surface area contributed by atoms with Gasteiger partial charge in [-0.25, -0.2) is 8.42 Å². The lowest BCUT2D eigenvalue weighted by Crippen LogP contribution is -2.41. The number of rotatable bonds is 9. The Bertz CT molecular complexity index is 867. The fourth-order valence-electron chi connectivity index (χ4n) is 2.64. The predicted octanol–water partition coefficient (Wildman–Crippen LogP) is 3.12. The van der Waals surface area contributed by atoms with Crippen molar-refractivity contribution in [2.24, 2.45) is 0 Å². The van der Waals surface area contributed by atoms with Crippen LogP contribution in [0.1, 0.15) is 25.3 Å². The number of hydrogen-bond donors (Lipinski definition) is 1. The molecule has 0 aliphatic rings. The maximum atomic E-state index is 13.3. The quantitative estimate of drug-likeness (QED) is 0.668. The number of unbranched alkanes of at least 4 members (excludes halogenated alkanes) is 1. The van der Waals surface area contributed by atoms with Crippen LogP contribution in [0.3, 0.4) is 0 Å². The minimum absolute atomic E-state index is 0.117. The molecule has 2 aromatic rings. The third-order valence-electron chi connectivity index (χ3n) is 4.14. The first-order valence-corrected chi connectivity index (χ1v) is 10.3. The van der Waals surface area contributed by atoms with Gasteiger partial charge in [0.25, 0.3) is 10.0 Å². The maximum Gasteiger partial charge on any atom is 0.264 e. The Morgan fingerprint density at radius 3 is 2.44 bits per heavy atom. The molecule has 0 aromatic heterocycles. The minimum atomic E-state index is -3.91. The number of nitrogens with zero attached hydrogens (tertiary/aromatic N) is 1. The summed E-state index contributed by atoms with van der Waals surface area (Å²) in [6, 6.07) is 13.3. The van der Waals surface area contributed by atoms with Gasteiger partial charge in [0.15, 0.2) is 0 Å². The molecule has 0 saturated heterocycles. The van der Waals surface area contributed by atoms with Gasteiger partial charge >= 0.3 is 0 Å². The zero-order valence-corrected chi connectivity index (χ0v) is 16.8. The van der Waals surface area contributed by atoms with Crippen molar-refractivity contribution in [2.45, 2.75) is 31.6 Å². The second kappa shape index (κ2) is 9.41. The Labute approximate surface area is 161 Å². The van der Waals surface area contributed by atoms with Crippen molar-refractivity contribution in [3.8, 4) is 5.75 Å². The van der Waals surface area contributed by atoms with Gasteiger partial charge in [-0.05, 0) is 49.2 Å². The number of methoxy groups -OCH3 is 1. The Morgan fingerprint density at radius 2 is 1.85 bits per heavy atom. The molecule has 1 N–H and O–H groups in total. The van der Waals surface area contributed by atoms with E-state index in [2.05, 4.69) is 5.32 Å². The van der Waals surface area contributed by atoms with Crippen LogP contribution in [0.2, 0.25) is 0 Å². The first kappa shape index (κ1) is 20.8. The third-order valence-corrected chi connectivity index (χ3v) is 5.91. The number of aryl methyl sites for hydroxylation is 1. The van der Waals surface area contributed by atoms with Gasteiger partial charge in [0.1, 0.15) is 12.3 Å². The molecular formula is C20H26N2O4S. The summed E-state index contributed by atoms with van der Waals surface area (Å²) in [6.45, 7) is 4.06. The highest BCUT2D eigenvalue weighted by molar-refractivity contribution is 7.92. The van der Waals surface area contributed by atoms with Gasteiger partial charge in [-0.15, -0.1) is 0 Å². The molecule has 0 aliphatic carbocycles. The molecular weight excluding hydrogens is 364 g/mol. The summed E-state index contributed by atoms with van der Waals surface area (Å²) in [5.74, 6) is 0.277. The second-order valence-electron chi connectivity index (χ2n) is 6.18. The summed E-state index contributed by atoms with van der Waals surface area (Å²) in [7, 11) is -2.38. The summed E-state index contributed by atoms with van der Waals surface area (Å²) in [6.07, 6.45) is 1.80. The van der Waals surface area contributed by atoms with Crippen LogP contribution in [-0.2, 0) is 14.8 Å². The lowest BCUT2D eigenvalue weighted by atomic mass is 10.2. The van der Waals surface area contributed by atoms with E-state index in [0.717, 1.165) is 17.1 Å². The third kappa shape index (κ3) is 5.23. The van der Waals surface area contributed by atoms with E-state index in [9.17, 15) is 13.2 Å².